The highest BCUT2D eigenvalue weighted by Gasteiger charge is 2.36. The quantitative estimate of drug-likeness (QED) is 0.375. The lowest BCUT2D eigenvalue weighted by Gasteiger charge is -2.14. The van der Waals surface area contributed by atoms with Crippen LogP contribution in [0.15, 0.2) is 12.1 Å². The van der Waals surface area contributed by atoms with Crippen LogP contribution in [0.25, 0.3) is 0 Å². The zero-order chi connectivity index (χ0) is 13.9. The Balaban J connectivity index is 2.76. The molecule has 0 heterocycles. The third-order valence-electron chi connectivity index (χ3n) is 1.81. The van der Waals surface area contributed by atoms with Gasteiger partial charge in [-0.15, -0.1) is 0 Å². The Hall–Kier alpha value is 0.780. The smallest absolute Gasteiger partial charge is 0.354 e. The number of alkyl halides is 2. The average molecular weight is 389 g/mol. The van der Waals surface area contributed by atoms with Gasteiger partial charge in [-0.1, -0.05) is 64.1 Å². The van der Waals surface area contributed by atoms with E-state index < -0.39 is 9.63 Å². The molecule has 1 rings (SSSR count). The van der Waals surface area contributed by atoms with Crippen LogP contribution >= 0.6 is 79.7 Å². The molecule has 0 saturated carbocycles. The third kappa shape index (κ3) is 4.14. The predicted molar refractivity (Wildman–Crippen MR) is 79.1 cm³/mol. The number of carbonyl (C=O) groups excluding carboxylic acids is 1. The van der Waals surface area contributed by atoms with Crippen molar-refractivity contribution in [1.29, 1.82) is 0 Å². The maximum atomic E-state index is 11.4. The molecule has 0 spiro atoms. The molecular weight excluding hydrogens is 385 g/mol. The van der Waals surface area contributed by atoms with Crippen molar-refractivity contribution in [3.8, 4) is 0 Å². The zero-order valence-electron chi connectivity index (χ0n) is 8.35. The summed E-state index contributed by atoms with van der Waals surface area (Å²) in [6, 6.07) is 3.10. The Kier molecular flexibility index (Phi) is 6.53. The number of hydrogen-bond donors (Lipinski definition) is 0. The summed E-state index contributed by atoms with van der Waals surface area (Å²) in [5, 5.41) is 0.684. The van der Waals surface area contributed by atoms with Crippen LogP contribution in [0, 0.1) is 0 Å². The summed E-state index contributed by atoms with van der Waals surface area (Å²) in [6.07, 6.45) is 0. The molecule has 0 atom stereocenters. The molecule has 0 N–H and O–H groups in total. The van der Waals surface area contributed by atoms with Crippen LogP contribution in [0.4, 0.5) is 0 Å². The van der Waals surface area contributed by atoms with Crippen molar-refractivity contribution < 1.29 is 9.53 Å². The minimum atomic E-state index is -1.87. The largest absolute Gasteiger partial charge is 0.458 e. The molecule has 0 aliphatic rings. The van der Waals surface area contributed by atoms with Crippen LogP contribution in [0.1, 0.15) is 5.56 Å². The minimum absolute atomic E-state index is 0.146. The molecule has 0 aromatic heterocycles. The molecule has 0 bridgehead atoms. The number of benzene rings is 1. The summed E-state index contributed by atoms with van der Waals surface area (Å²) in [7, 11) is 5.76. The third-order valence-corrected chi connectivity index (χ3v) is 5.44. The first-order chi connectivity index (χ1) is 8.29. The van der Waals surface area contributed by atoms with Gasteiger partial charge in [-0.2, -0.15) is 0 Å². The van der Waals surface area contributed by atoms with Crippen molar-refractivity contribution in [2.24, 2.45) is 0 Å². The fourth-order valence-electron chi connectivity index (χ4n) is 0.936. The van der Waals surface area contributed by atoms with Crippen molar-refractivity contribution in [3.05, 3.63) is 32.8 Å². The number of carbonyl (C=O) groups is 1. The maximum absolute atomic E-state index is 11.4. The molecule has 0 saturated heterocycles. The van der Waals surface area contributed by atoms with Gasteiger partial charge in [0.05, 0.1) is 15.1 Å². The fraction of sp³-hybridized carbons (Fsp3) is 0.222. The molecule has 0 amide bonds. The van der Waals surface area contributed by atoms with E-state index in [-0.39, 0.29) is 16.7 Å². The lowest BCUT2D eigenvalue weighted by atomic mass is 10.2. The molecule has 100 valence electrons. The second-order valence-corrected chi connectivity index (χ2v) is 7.17. The van der Waals surface area contributed by atoms with E-state index >= 15 is 0 Å². The maximum Gasteiger partial charge on any atom is 0.354 e. The highest BCUT2D eigenvalue weighted by Crippen LogP contribution is 2.39. The molecule has 0 unspecified atom stereocenters. The number of halogens is 6. The molecule has 1 aromatic rings. The molecule has 2 nitrogen and oxygen atoms in total. The van der Waals surface area contributed by atoms with E-state index in [9.17, 15) is 4.79 Å². The van der Waals surface area contributed by atoms with Crippen LogP contribution < -0.4 is 0 Å². The zero-order valence-corrected chi connectivity index (χ0v) is 13.7. The molecule has 0 fully saturated rings. The van der Waals surface area contributed by atoms with Gasteiger partial charge in [-0.05, 0) is 27.7 Å². The summed E-state index contributed by atoms with van der Waals surface area (Å²) in [4.78, 5) is 11.4. The molecule has 1 aromatic carbocycles. The summed E-state index contributed by atoms with van der Waals surface area (Å²) >= 11 is 28.7. The SMILES string of the molecule is O=C(OCc1ccc(Cl)c(Cl)c1Cl)C(Cl)(Cl)SCl. The monoisotopic (exact) mass is 386 g/mol. The van der Waals surface area contributed by atoms with E-state index in [1.165, 1.54) is 6.07 Å². The average Bonchev–Trinajstić information content (AvgIpc) is 2.34. The van der Waals surface area contributed by atoms with Gasteiger partial charge in [-0.3, -0.25) is 0 Å². The van der Waals surface area contributed by atoms with Gasteiger partial charge in [0.2, 0.25) is 0 Å². The molecular formula is C9H4Cl6O2S. The summed E-state index contributed by atoms with van der Waals surface area (Å²) in [5.41, 5.74) is 0.475. The van der Waals surface area contributed by atoms with Crippen molar-refractivity contribution in [1.82, 2.24) is 0 Å². The van der Waals surface area contributed by atoms with Crippen LogP contribution in [0.5, 0.6) is 0 Å². The van der Waals surface area contributed by atoms with E-state index in [1.807, 2.05) is 0 Å². The molecule has 0 aliphatic carbocycles. The van der Waals surface area contributed by atoms with Gasteiger partial charge >= 0.3 is 5.97 Å². The number of esters is 1. The first-order valence-corrected chi connectivity index (χ1v) is 7.80. The molecule has 0 aliphatic heterocycles. The molecule has 0 radical (unpaired) electrons. The van der Waals surface area contributed by atoms with Gasteiger partial charge in [0.1, 0.15) is 6.61 Å². The van der Waals surface area contributed by atoms with Crippen molar-refractivity contribution in [3.63, 3.8) is 0 Å². The Morgan fingerprint density at radius 1 is 1.22 bits per heavy atom. The Morgan fingerprint density at radius 2 is 1.83 bits per heavy atom. The van der Waals surface area contributed by atoms with Gasteiger partial charge < -0.3 is 4.74 Å². The fourth-order valence-corrected chi connectivity index (χ4v) is 1.97. The normalized spacial score (nSPS) is 11.4. The Bertz CT molecular complexity index is 465. The van der Waals surface area contributed by atoms with Crippen LogP contribution in [-0.2, 0) is 16.1 Å². The number of ether oxygens (including phenoxy) is 1. The summed E-state index contributed by atoms with van der Waals surface area (Å²) in [5.74, 6) is -0.895. The second-order valence-electron chi connectivity index (χ2n) is 3.00. The molecule has 18 heavy (non-hydrogen) atoms. The van der Waals surface area contributed by atoms with Crippen molar-refractivity contribution >= 4 is 85.6 Å². The van der Waals surface area contributed by atoms with Crippen LogP contribution in [-0.4, -0.2) is 9.63 Å². The second kappa shape index (κ2) is 6.98. The summed E-state index contributed by atoms with van der Waals surface area (Å²) < 4.78 is 2.99. The number of rotatable bonds is 4. The highest BCUT2D eigenvalue weighted by atomic mass is 35.7. The van der Waals surface area contributed by atoms with E-state index in [0.717, 1.165) is 0 Å². The van der Waals surface area contributed by atoms with E-state index in [0.29, 0.717) is 21.6 Å². The first-order valence-electron chi connectivity index (χ1n) is 4.26. The standard InChI is InChI=1S/C9H4Cl6O2S/c10-5-2-1-4(6(11)7(5)12)3-17-8(16)9(13,14)18-15/h1-2H,3H2. The Morgan fingerprint density at radius 3 is 2.39 bits per heavy atom. The first kappa shape index (κ1) is 16.8. The van der Waals surface area contributed by atoms with Gasteiger partial charge in [0.15, 0.2) is 0 Å². The van der Waals surface area contributed by atoms with Crippen LogP contribution in [0.3, 0.4) is 0 Å². The van der Waals surface area contributed by atoms with E-state index in [2.05, 4.69) is 0 Å². The van der Waals surface area contributed by atoms with Gasteiger partial charge in [0.25, 0.3) is 3.67 Å². The number of hydrogen-bond acceptors (Lipinski definition) is 3. The van der Waals surface area contributed by atoms with Crippen molar-refractivity contribution in [2.75, 3.05) is 0 Å². The summed E-state index contributed by atoms with van der Waals surface area (Å²) in [6.45, 7) is -0.146. The van der Waals surface area contributed by atoms with Gasteiger partial charge in [0, 0.05) is 5.56 Å². The van der Waals surface area contributed by atoms with E-state index in [1.54, 1.807) is 6.07 Å². The van der Waals surface area contributed by atoms with Crippen LogP contribution in [0.2, 0.25) is 15.1 Å². The topological polar surface area (TPSA) is 26.3 Å². The van der Waals surface area contributed by atoms with Crippen molar-refractivity contribution in [2.45, 2.75) is 10.3 Å². The lowest BCUT2D eigenvalue weighted by Crippen LogP contribution is -2.23. The predicted octanol–water partition coefficient (Wildman–Crippen LogP) is 5.71. The molecule has 9 heteroatoms. The highest BCUT2D eigenvalue weighted by molar-refractivity contribution is 8.24. The van der Waals surface area contributed by atoms with Gasteiger partial charge in [-0.25, -0.2) is 4.79 Å². The Labute approximate surface area is 137 Å². The van der Waals surface area contributed by atoms with E-state index in [4.69, 9.17) is 73.4 Å². The lowest BCUT2D eigenvalue weighted by molar-refractivity contribution is -0.143. The minimum Gasteiger partial charge on any atom is -0.458 e.